The van der Waals surface area contributed by atoms with Gasteiger partial charge in [-0.1, -0.05) is 0 Å². The van der Waals surface area contributed by atoms with E-state index < -0.39 is 28.8 Å². The normalized spacial score (nSPS) is 10.4. The van der Waals surface area contributed by atoms with Gasteiger partial charge < -0.3 is 4.74 Å². The molecule has 0 amide bonds. The predicted octanol–water partition coefficient (Wildman–Crippen LogP) is 3.73. The molecule has 0 aliphatic heterocycles. The quantitative estimate of drug-likeness (QED) is 0.630. The van der Waals surface area contributed by atoms with E-state index in [1.54, 1.807) is 12.1 Å². The molecule has 0 aliphatic rings. The molecule has 20 heavy (non-hydrogen) atoms. The molecule has 5 heteroatoms. The highest BCUT2D eigenvalue weighted by Gasteiger charge is 2.17. The topological polar surface area (TPSA) is 26.3 Å². The Morgan fingerprint density at radius 3 is 2.20 bits per heavy atom. The molecule has 0 aliphatic carbocycles. The minimum Gasteiger partial charge on any atom is -0.494 e. The first-order chi connectivity index (χ1) is 9.52. The first kappa shape index (κ1) is 14.1. The molecule has 2 aromatic rings. The Balaban J connectivity index is 2.33. The molecule has 2 rings (SSSR count). The van der Waals surface area contributed by atoms with Crippen LogP contribution in [0.2, 0.25) is 0 Å². The number of hydrogen-bond donors (Lipinski definition) is 0. The molecular formula is C15H11F3O2. The average Bonchev–Trinajstić information content (AvgIpc) is 2.43. The van der Waals surface area contributed by atoms with E-state index in [9.17, 15) is 18.0 Å². The fourth-order valence-electron chi connectivity index (χ4n) is 1.72. The van der Waals surface area contributed by atoms with E-state index in [2.05, 4.69) is 0 Å². The summed E-state index contributed by atoms with van der Waals surface area (Å²) in [5.74, 6) is -3.84. The van der Waals surface area contributed by atoms with Gasteiger partial charge in [0.2, 0.25) is 0 Å². The molecule has 2 nitrogen and oxygen atoms in total. The maximum absolute atomic E-state index is 13.5. The first-order valence-electron chi connectivity index (χ1n) is 5.95. The number of carbonyl (C=O) groups is 1. The lowest BCUT2D eigenvalue weighted by Crippen LogP contribution is -2.06. The second-order valence-electron chi connectivity index (χ2n) is 4.03. The van der Waals surface area contributed by atoms with Crippen molar-refractivity contribution in [1.29, 1.82) is 0 Å². The Bertz CT molecular complexity index is 636. The summed E-state index contributed by atoms with van der Waals surface area (Å²) in [6.45, 7) is 2.29. The van der Waals surface area contributed by atoms with Crippen LogP contribution in [0.5, 0.6) is 5.75 Å². The number of halogens is 3. The van der Waals surface area contributed by atoms with Gasteiger partial charge in [0.1, 0.15) is 11.6 Å². The van der Waals surface area contributed by atoms with Crippen molar-refractivity contribution in [3.05, 3.63) is 65.0 Å². The summed E-state index contributed by atoms with van der Waals surface area (Å²) in [7, 11) is 0. The molecule has 0 fully saturated rings. The van der Waals surface area contributed by atoms with Crippen LogP contribution in [0.1, 0.15) is 22.8 Å². The molecule has 0 radical (unpaired) electrons. The van der Waals surface area contributed by atoms with Gasteiger partial charge in [-0.15, -0.1) is 0 Å². The largest absolute Gasteiger partial charge is 0.494 e. The van der Waals surface area contributed by atoms with E-state index in [0.29, 0.717) is 24.5 Å². The van der Waals surface area contributed by atoms with Crippen molar-refractivity contribution in [3.8, 4) is 5.75 Å². The second-order valence-corrected chi connectivity index (χ2v) is 4.03. The molecule has 0 spiro atoms. The van der Waals surface area contributed by atoms with Gasteiger partial charge in [0.15, 0.2) is 17.4 Å². The molecule has 0 saturated heterocycles. The molecular weight excluding hydrogens is 269 g/mol. The minimum atomic E-state index is -1.33. The van der Waals surface area contributed by atoms with Crippen LogP contribution < -0.4 is 4.74 Å². The zero-order valence-electron chi connectivity index (χ0n) is 10.6. The van der Waals surface area contributed by atoms with Crippen LogP contribution in [0.25, 0.3) is 0 Å². The predicted molar refractivity (Wildman–Crippen MR) is 67.4 cm³/mol. The first-order valence-corrected chi connectivity index (χ1v) is 5.95. The highest BCUT2D eigenvalue weighted by atomic mass is 19.2. The van der Waals surface area contributed by atoms with Crippen LogP contribution in [0.3, 0.4) is 0 Å². The monoisotopic (exact) mass is 280 g/mol. The van der Waals surface area contributed by atoms with E-state index in [0.717, 1.165) is 0 Å². The van der Waals surface area contributed by atoms with Gasteiger partial charge in [0, 0.05) is 11.6 Å². The molecule has 0 bridgehead atoms. The molecule has 0 saturated carbocycles. The van der Waals surface area contributed by atoms with Crippen molar-refractivity contribution < 1.29 is 22.7 Å². The van der Waals surface area contributed by atoms with Gasteiger partial charge in [0.25, 0.3) is 0 Å². The molecule has 0 unspecified atom stereocenters. The van der Waals surface area contributed by atoms with E-state index in [4.69, 9.17) is 4.74 Å². The van der Waals surface area contributed by atoms with Crippen molar-refractivity contribution in [3.63, 3.8) is 0 Å². The summed E-state index contributed by atoms with van der Waals surface area (Å²) in [6, 6.07) is 6.89. The van der Waals surface area contributed by atoms with Crippen molar-refractivity contribution in [2.75, 3.05) is 6.61 Å². The van der Waals surface area contributed by atoms with Crippen molar-refractivity contribution in [1.82, 2.24) is 0 Å². The Labute approximate surface area is 113 Å². The average molecular weight is 280 g/mol. The maximum Gasteiger partial charge on any atom is 0.196 e. The van der Waals surface area contributed by atoms with E-state index in [-0.39, 0.29) is 5.56 Å². The van der Waals surface area contributed by atoms with Gasteiger partial charge in [-0.2, -0.15) is 0 Å². The van der Waals surface area contributed by atoms with Gasteiger partial charge in [-0.25, -0.2) is 13.2 Å². The highest BCUT2D eigenvalue weighted by Crippen LogP contribution is 2.19. The number of hydrogen-bond acceptors (Lipinski definition) is 2. The number of ketones is 1. The van der Waals surface area contributed by atoms with E-state index >= 15 is 0 Å². The molecule has 0 atom stereocenters. The summed E-state index contributed by atoms with van der Waals surface area (Å²) < 4.78 is 44.6. The Morgan fingerprint density at radius 1 is 1.00 bits per heavy atom. The Hall–Kier alpha value is -2.30. The molecule has 2 aromatic carbocycles. The zero-order chi connectivity index (χ0) is 14.7. The number of ether oxygens (including phenoxy) is 1. The summed E-state index contributed by atoms with van der Waals surface area (Å²) in [5, 5.41) is 0. The van der Waals surface area contributed by atoms with Crippen molar-refractivity contribution in [2.24, 2.45) is 0 Å². The van der Waals surface area contributed by atoms with Gasteiger partial charge >= 0.3 is 0 Å². The van der Waals surface area contributed by atoms with Gasteiger partial charge in [0.05, 0.1) is 12.2 Å². The number of rotatable bonds is 4. The molecule has 104 valence electrons. The van der Waals surface area contributed by atoms with Crippen LogP contribution in [-0.2, 0) is 0 Å². The second kappa shape index (κ2) is 5.77. The maximum atomic E-state index is 13.5. The number of benzene rings is 2. The SMILES string of the molecule is CCOc1ccc(C(=O)c2cc(F)c(F)cc2F)cc1. The molecule has 0 heterocycles. The summed E-state index contributed by atoms with van der Waals surface area (Å²) >= 11 is 0. The Morgan fingerprint density at radius 2 is 1.60 bits per heavy atom. The minimum absolute atomic E-state index is 0.165. The standard InChI is InChI=1S/C15H11F3O2/c1-2-20-10-5-3-9(4-6-10)15(19)11-7-13(17)14(18)8-12(11)16/h3-8H,2H2,1H3. The third-order valence-corrected chi connectivity index (χ3v) is 2.68. The van der Waals surface area contributed by atoms with Crippen LogP contribution in [0.15, 0.2) is 36.4 Å². The van der Waals surface area contributed by atoms with Crippen LogP contribution >= 0.6 is 0 Å². The lowest BCUT2D eigenvalue weighted by Gasteiger charge is -2.06. The van der Waals surface area contributed by atoms with Gasteiger partial charge in [-0.05, 0) is 37.3 Å². The summed E-state index contributed by atoms with van der Waals surface area (Å²) in [4.78, 5) is 12.0. The third kappa shape index (κ3) is 2.82. The van der Waals surface area contributed by atoms with Crippen LogP contribution in [0.4, 0.5) is 13.2 Å². The Kier molecular flexibility index (Phi) is 4.08. The van der Waals surface area contributed by atoms with Crippen molar-refractivity contribution in [2.45, 2.75) is 6.92 Å². The zero-order valence-corrected chi connectivity index (χ0v) is 10.6. The molecule has 0 N–H and O–H groups in total. The lowest BCUT2D eigenvalue weighted by molar-refractivity contribution is 0.103. The van der Waals surface area contributed by atoms with Crippen molar-refractivity contribution >= 4 is 5.78 Å². The smallest absolute Gasteiger partial charge is 0.196 e. The van der Waals surface area contributed by atoms with E-state index in [1.807, 2.05) is 6.92 Å². The third-order valence-electron chi connectivity index (χ3n) is 2.68. The van der Waals surface area contributed by atoms with Crippen LogP contribution in [-0.4, -0.2) is 12.4 Å². The molecule has 0 aromatic heterocycles. The summed E-state index contributed by atoms with van der Waals surface area (Å²) in [6.07, 6.45) is 0. The lowest BCUT2D eigenvalue weighted by atomic mass is 10.0. The van der Waals surface area contributed by atoms with E-state index in [1.165, 1.54) is 12.1 Å². The fourth-order valence-corrected chi connectivity index (χ4v) is 1.72. The number of carbonyl (C=O) groups excluding carboxylic acids is 1. The van der Waals surface area contributed by atoms with Gasteiger partial charge in [-0.3, -0.25) is 4.79 Å². The highest BCUT2D eigenvalue weighted by molar-refractivity contribution is 6.09. The fraction of sp³-hybridized carbons (Fsp3) is 0.133. The van der Waals surface area contributed by atoms with Crippen LogP contribution in [0, 0.1) is 17.5 Å². The summed E-state index contributed by atoms with van der Waals surface area (Å²) in [5.41, 5.74) is -0.341.